The lowest BCUT2D eigenvalue weighted by atomic mass is 10.0. The maximum absolute atomic E-state index is 5.66. The molecule has 62 valence electrons. The summed E-state index contributed by atoms with van der Waals surface area (Å²) in [7, 11) is 0. The fourth-order valence-corrected chi connectivity index (χ4v) is 1.51. The first kappa shape index (κ1) is 7.41. The molecule has 0 aliphatic carbocycles. The van der Waals surface area contributed by atoms with Gasteiger partial charge in [0.05, 0.1) is 0 Å². The molecule has 0 unspecified atom stereocenters. The van der Waals surface area contributed by atoms with Gasteiger partial charge >= 0.3 is 0 Å². The molecule has 1 atom stereocenters. The van der Waals surface area contributed by atoms with Crippen LogP contribution in [0.3, 0.4) is 0 Å². The Hall–Kier alpha value is -1.24. The van der Waals surface area contributed by atoms with Crippen molar-refractivity contribution in [3.63, 3.8) is 0 Å². The molecule has 1 aromatic rings. The van der Waals surface area contributed by atoms with Crippen molar-refractivity contribution >= 4 is 0 Å². The van der Waals surface area contributed by atoms with Gasteiger partial charge in [-0.3, -0.25) is 0 Å². The highest BCUT2D eigenvalue weighted by molar-refractivity contribution is 5.35. The Morgan fingerprint density at radius 2 is 2.25 bits per heavy atom. The molecule has 1 heterocycles. The van der Waals surface area contributed by atoms with Crippen LogP contribution in [-0.4, -0.2) is 6.10 Å². The fourth-order valence-electron chi connectivity index (χ4n) is 1.51. The van der Waals surface area contributed by atoms with E-state index in [4.69, 9.17) is 4.74 Å². The SMILES string of the molecule is C=C[C@@H]1CCc2ccccc2O1. The first-order valence-electron chi connectivity index (χ1n) is 4.27. The number of para-hydroxylation sites is 1. The van der Waals surface area contributed by atoms with Crippen molar-refractivity contribution in [1.82, 2.24) is 0 Å². The summed E-state index contributed by atoms with van der Waals surface area (Å²) in [5.74, 6) is 1.02. The minimum absolute atomic E-state index is 0.208. The lowest BCUT2D eigenvalue weighted by Crippen LogP contribution is -2.19. The second-order valence-electron chi connectivity index (χ2n) is 3.04. The predicted octanol–water partition coefficient (Wildman–Crippen LogP) is 2.57. The molecule has 0 fully saturated rings. The zero-order valence-corrected chi connectivity index (χ0v) is 6.99. The molecule has 0 saturated carbocycles. The van der Waals surface area contributed by atoms with Gasteiger partial charge in [-0.25, -0.2) is 0 Å². The standard InChI is InChI=1S/C11H12O/c1-2-10-8-7-9-5-3-4-6-11(9)12-10/h2-6,10H,1,7-8H2/t10-/m1/s1. The van der Waals surface area contributed by atoms with Gasteiger partial charge in [0.2, 0.25) is 0 Å². The molecule has 1 aromatic carbocycles. The number of rotatable bonds is 1. The summed E-state index contributed by atoms with van der Waals surface area (Å²) in [6, 6.07) is 8.19. The predicted molar refractivity (Wildman–Crippen MR) is 49.4 cm³/mol. The average molecular weight is 160 g/mol. The molecule has 0 radical (unpaired) electrons. The third kappa shape index (κ3) is 1.22. The Labute approximate surface area is 72.7 Å². The highest BCUT2D eigenvalue weighted by Crippen LogP contribution is 2.26. The van der Waals surface area contributed by atoms with E-state index in [1.165, 1.54) is 5.56 Å². The Kier molecular flexibility index (Phi) is 1.86. The van der Waals surface area contributed by atoms with E-state index >= 15 is 0 Å². The van der Waals surface area contributed by atoms with E-state index in [-0.39, 0.29) is 6.10 Å². The van der Waals surface area contributed by atoms with Crippen LogP contribution >= 0.6 is 0 Å². The van der Waals surface area contributed by atoms with Crippen molar-refractivity contribution in [2.24, 2.45) is 0 Å². The van der Waals surface area contributed by atoms with Gasteiger partial charge in [-0.1, -0.05) is 30.9 Å². The van der Waals surface area contributed by atoms with Gasteiger partial charge in [0.1, 0.15) is 11.9 Å². The van der Waals surface area contributed by atoms with Crippen LogP contribution in [0.25, 0.3) is 0 Å². The lowest BCUT2D eigenvalue weighted by molar-refractivity contribution is 0.219. The highest BCUT2D eigenvalue weighted by Gasteiger charge is 2.15. The molecule has 0 bridgehead atoms. The van der Waals surface area contributed by atoms with Gasteiger partial charge in [-0.15, -0.1) is 0 Å². The molecule has 0 saturated heterocycles. The van der Waals surface area contributed by atoms with E-state index in [0.717, 1.165) is 18.6 Å². The number of aryl methyl sites for hydroxylation is 1. The third-order valence-electron chi connectivity index (χ3n) is 2.21. The first-order chi connectivity index (χ1) is 5.90. The Morgan fingerprint density at radius 1 is 1.42 bits per heavy atom. The molecule has 0 aromatic heterocycles. The fraction of sp³-hybridized carbons (Fsp3) is 0.273. The van der Waals surface area contributed by atoms with Gasteiger partial charge in [-0.2, -0.15) is 0 Å². The van der Waals surface area contributed by atoms with E-state index in [2.05, 4.69) is 18.7 Å². The summed E-state index contributed by atoms with van der Waals surface area (Å²) in [6.07, 6.45) is 4.24. The van der Waals surface area contributed by atoms with Crippen LogP contribution in [-0.2, 0) is 6.42 Å². The molecule has 1 aliphatic heterocycles. The van der Waals surface area contributed by atoms with Crippen LogP contribution in [0.1, 0.15) is 12.0 Å². The zero-order valence-electron chi connectivity index (χ0n) is 6.99. The summed E-state index contributed by atoms with van der Waals surface area (Å²) in [5, 5.41) is 0. The molecule has 1 aliphatic rings. The summed E-state index contributed by atoms with van der Waals surface area (Å²) in [4.78, 5) is 0. The van der Waals surface area contributed by atoms with Crippen LogP contribution in [0.2, 0.25) is 0 Å². The monoisotopic (exact) mass is 160 g/mol. The summed E-state index contributed by atoms with van der Waals surface area (Å²) < 4.78 is 5.66. The van der Waals surface area contributed by atoms with Crippen molar-refractivity contribution in [3.05, 3.63) is 42.5 Å². The topological polar surface area (TPSA) is 9.23 Å². The average Bonchev–Trinajstić information content (AvgIpc) is 2.17. The molecule has 1 heteroatoms. The molecule has 0 amide bonds. The summed E-state index contributed by atoms with van der Waals surface area (Å²) in [6.45, 7) is 3.73. The molecule has 12 heavy (non-hydrogen) atoms. The number of fused-ring (bicyclic) bond motifs is 1. The van der Waals surface area contributed by atoms with E-state index in [0.29, 0.717) is 0 Å². The molecular formula is C11H12O. The summed E-state index contributed by atoms with van der Waals surface area (Å²) in [5.41, 5.74) is 1.32. The number of benzene rings is 1. The van der Waals surface area contributed by atoms with Crippen LogP contribution in [0.4, 0.5) is 0 Å². The van der Waals surface area contributed by atoms with Crippen molar-refractivity contribution in [1.29, 1.82) is 0 Å². The van der Waals surface area contributed by atoms with Crippen LogP contribution in [0, 0.1) is 0 Å². The largest absolute Gasteiger partial charge is 0.486 e. The molecule has 0 N–H and O–H groups in total. The number of hydrogen-bond acceptors (Lipinski definition) is 1. The number of ether oxygens (including phenoxy) is 1. The van der Waals surface area contributed by atoms with Crippen molar-refractivity contribution in [2.75, 3.05) is 0 Å². The van der Waals surface area contributed by atoms with E-state index in [1.807, 2.05) is 18.2 Å². The maximum Gasteiger partial charge on any atom is 0.123 e. The van der Waals surface area contributed by atoms with Gasteiger partial charge in [0.25, 0.3) is 0 Å². The molecule has 0 spiro atoms. The van der Waals surface area contributed by atoms with Crippen LogP contribution < -0.4 is 4.74 Å². The normalized spacial score (nSPS) is 20.8. The van der Waals surface area contributed by atoms with E-state index < -0.39 is 0 Å². The first-order valence-corrected chi connectivity index (χ1v) is 4.27. The van der Waals surface area contributed by atoms with Gasteiger partial charge in [0.15, 0.2) is 0 Å². The van der Waals surface area contributed by atoms with Gasteiger partial charge in [-0.05, 0) is 24.5 Å². The second kappa shape index (κ2) is 3.02. The molecule has 2 rings (SSSR count). The Bertz CT molecular complexity index is 291. The molecule has 1 nitrogen and oxygen atoms in total. The smallest absolute Gasteiger partial charge is 0.123 e. The van der Waals surface area contributed by atoms with E-state index in [1.54, 1.807) is 0 Å². The minimum atomic E-state index is 0.208. The van der Waals surface area contributed by atoms with Gasteiger partial charge < -0.3 is 4.74 Å². The Morgan fingerprint density at radius 3 is 3.08 bits per heavy atom. The zero-order chi connectivity index (χ0) is 8.39. The second-order valence-corrected chi connectivity index (χ2v) is 3.04. The summed E-state index contributed by atoms with van der Waals surface area (Å²) >= 11 is 0. The maximum atomic E-state index is 5.66. The van der Waals surface area contributed by atoms with Crippen molar-refractivity contribution in [2.45, 2.75) is 18.9 Å². The highest BCUT2D eigenvalue weighted by atomic mass is 16.5. The third-order valence-corrected chi connectivity index (χ3v) is 2.21. The van der Waals surface area contributed by atoms with Crippen LogP contribution in [0.5, 0.6) is 5.75 Å². The van der Waals surface area contributed by atoms with Crippen molar-refractivity contribution < 1.29 is 4.74 Å². The Balaban J connectivity index is 2.28. The van der Waals surface area contributed by atoms with Crippen molar-refractivity contribution in [3.8, 4) is 5.75 Å². The minimum Gasteiger partial charge on any atom is -0.486 e. The molecular weight excluding hydrogens is 148 g/mol. The van der Waals surface area contributed by atoms with Gasteiger partial charge in [0, 0.05) is 0 Å². The lowest BCUT2D eigenvalue weighted by Gasteiger charge is -2.23. The van der Waals surface area contributed by atoms with E-state index in [9.17, 15) is 0 Å². The quantitative estimate of drug-likeness (QED) is 0.574. The number of hydrogen-bond donors (Lipinski definition) is 0. The van der Waals surface area contributed by atoms with Crippen LogP contribution in [0.15, 0.2) is 36.9 Å².